The van der Waals surface area contributed by atoms with Crippen LogP contribution in [0.5, 0.6) is 0 Å². The maximum Gasteiger partial charge on any atom is 0.0912 e. The van der Waals surface area contributed by atoms with Crippen LogP contribution in [0.25, 0.3) is 0 Å². The third kappa shape index (κ3) is 1.60. The Labute approximate surface area is 86.8 Å². The van der Waals surface area contributed by atoms with Crippen LogP contribution in [0.1, 0.15) is 33.6 Å². The van der Waals surface area contributed by atoms with E-state index in [1.807, 2.05) is 6.26 Å². The molecule has 1 heteroatoms. The zero-order valence-electron chi connectivity index (χ0n) is 9.42. The number of hydrogen-bond acceptors (Lipinski definition) is 1. The predicted octanol–water partition coefficient (Wildman–Crippen LogP) is 3.53. The second-order valence-corrected chi connectivity index (χ2v) is 5.12. The van der Waals surface area contributed by atoms with Gasteiger partial charge in [0.25, 0.3) is 0 Å². The summed E-state index contributed by atoms with van der Waals surface area (Å²) in [5.41, 5.74) is 1.96. The van der Waals surface area contributed by atoms with E-state index in [1.165, 1.54) is 18.4 Å². The van der Waals surface area contributed by atoms with E-state index < -0.39 is 0 Å². The van der Waals surface area contributed by atoms with Crippen molar-refractivity contribution in [3.05, 3.63) is 24.0 Å². The molecule has 0 amide bonds. The van der Waals surface area contributed by atoms with Crippen LogP contribution in [-0.4, -0.2) is 6.61 Å². The van der Waals surface area contributed by atoms with Gasteiger partial charge in [0.2, 0.25) is 0 Å². The fraction of sp³-hybridized carbons (Fsp3) is 0.692. The number of ether oxygens (including phenoxy) is 1. The Kier molecular flexibility index (Phi) is 2.42. The number of hydrogen-bond donors (Lipinski definition) is 0. The summed E-state index contributed by atoms with van der Waals surface area (Å²) in [7, 11) is 0. The molecule has 2 rings (SSSR count). The van der Waals surface area contributed by atoms with Crippen molar-refractivity contribution in [1.82, 2.24) is 0 Å². The summed E-state index contributed by atoms with van der Waals surface area (Å²) < 4.78 is 5.35. The molecule has 78 valence electrons. The first kappa shape index (κ1) is 9.82. The lowest BCUT2D eigenvalue weighted by Gasteiger charge is -2.08. The third-order valence-corrected chi connectivity index (χ3v) is 3.83. The summed E-state index contributed by atoms with van der Waals surface area (Å²) >= 11 is 0. The molecule has 1 saturated carbocycles. The van der Waals surface area contributed by atoms with Crippen LogP contribution in [0.15, 0.2) is 24.0 Å². The van der Waals surface area contributed by atoms with E-state index in [9.17, 15) is 0 Å². The van der Waals surface area contributed by atoms with Gasteiger partial charge in [0.05, 0.1) is 12.9 Å². The lowest BCUT2D eigenvalue weighted by atomic mass is 9.97. The first-order chi connectivity index (χ1) is 6.64. The molecular weight excluding hydrogens is 172 g/mol. The second kappa shape index (κ2) is 3.45. The Bertz CT molecular complexity index is 273. The highest BCUT2D eigenvalue weighted by molar-refractivity contribution is 5.17. The number of fused-ring (bicyclic) bond motifs is 1. The second-order valence-electron chi connectivity index (χ2n) is 5.12. The minimum atomic E-state index is 0.527. The van der Waals surface area contributed by atoms with E-state index in [0.29, 0.717) is 5.41 Å². The predicted molar refractivity (Wildman–Crippen MR) is 58.8 cm³/mol. The Morgan fingerprint density at radius 2 is 2.36 bits per heavy atom. The molecule has 1 heterocycles. The fourth-order valence-electron chi connectivity index (χ4n) is 2.67. The molecule has 1 fully saturated rings. The van der Waals surface area contributed by atoms with Crippen LogP contribution in [0.3, 0.4) is 0 Å². The average Bonchev–Trinajstić information content (AvgIpc) is 2.73. The van der Waals surface area contributed by atoms with Gasteiger partial charge in [-0.2, -0.15) is 0 Å². The highest BCUT2D eigenvalue weighted by Crippen LogP contribution is 2.63. The molecule has 1 aliphatic heterocycles. The monoisotopic (exact) mass is 192 g/mol. The quantitative estimate of drug-likeness (QED) is 0.621. The van der Waals surface area contributed by atoms with Gasteiger partial charge in [-0.3, -0.25) is 0 Å². The largest absolute Gasteiger partial charge is 0.501 e. The smallest absolute Gasteiger partial charge is 0.0912 e. The fourth-order valence-corrected chi connectivity index (χ4v) is 2.67. The van der Waals surface area contributed by atoms with Gasteiger partial charge >= 0.3 is 0 Å². The average molecular weight is 192 g/mol. The molecule has 0 spiro atoms. The topological polar surface area (TPSA) is 9.23 Å². The molecular formula is C13H20O. The van der Waals surface area contributed by atoms with Gasteiger partial charge in [0, 0.05) is 5.92 Å². The molecule has 3 atom stereocenters. The maximum absolute atomic E-state index is 5.35. The van der Waals surface area contributed by atoms with Crippen molar-refractivity contribution < 1.29 is 4.74 Å². The zero-order valence-corrected chi connectivity index (χ0v) is 9.42. The lowest BCUT2D eigenvalue weighted by molar-refractivity contribution is 0.207. The maximum atomic E-state index is 5.35. The molecule has 0 N–H and O–H groups in total. The van der Waals surface area contributed by atoms with Gasteiger partial charge < -0.3 is 4.74 Å². The van der Waals surface area contributed by atoms with E-state index in [2.05, 4.69) is 32.9 Å². The Morgan fingerprint density at radius 3 is 2.93 bits per heavy atom. The van der Waals surface area contributed by atoms with Crippen LogP contribution in [0.2, 0.25) is 0 Å². The highest BCUT2D eigenvalue weighted by Gasteiger charge is 2.60. The summed E-state index contributed by atoms with van der Waals surface area (Å²) in [5, 5.41) is 0. The highest BCUT2D eigenvalue weighted by atomic mass is 16.5. The Balaban J connectivity index is 1.87. The van der Waals surface area contributed by atoms with Crippen LogP contribution >= 0.6 is 0 Å². The summed E-state index contributed by atoms with van der Waals surface area (Å²) in [6.45, 7) is 7.68. The summed E-state index contributed by atoms with van der Waals surface area (Å²) in [4.78, 5) is 0. The van der Waals surface area contributed by atoms with Crippen LogP contribution < -0.4 is 0 Å². The van der Waals surface area contributed by atoms with Crippen molar-refractivity contribution in [3.63, 3.8) is 0 Å². The molecule has 14 heavy (non-hydrogen) atoms. The normalized spacial score (nSPS) is 38.5. The molecule has 0 radical (unpaired) electrons. The zero-order chi connectivity index (χ0) is 10.2. The molecule has 0 saturated heterocycles. The standard InChI is InChI=1S/C13H20O/c1-10(2)5-4-7-13(3)11-6-8-14-9-12(11)13/h5-6,8,11-12H,4,7,9H2,1-3H3. The van der Waals surface area contributed by atoms with E-state index >= 15 is 0 Å². The molecule has 0 aromatic carbocycles. The van der Waals surface area contributed by atoms with Gasteiger partial charge in [0.15, 0.2) is 0 Å². The molecule has 0 bridgehead atoms. The van der Waals surface area contributed by atoms with Gasteiger partial charge in [0.1, 0.15) is 0 Å². The summed E-state index contributed by atoms with van der Waals surface area (Å²) in [6.07, 6.45) is 9.01. The molecule has 2 aliphatic rings. The van der Waals surface area contributed by atoms with Crippen molar-refractivity contribution in [2.24, 2.45) is 17.3 Å². The molecule has 1 nitrogen and oxygen atoms in total. The van der Waals surface area contributed by atoms with Crippen molar-refractivity contribution in [1.29, 1.82) is 0 Å². The molecule has 0 aromatic heterocycles. The number of allylic oxidation sites excluding steroid dienone is 3. The summed E-state index contributed by atoms with van der Waals surface area (Å²) in [5.74, 6) is 1.58. The van der Waals surface area contributed by atoms with Crippen LogP contribution in [0.4, 0.5) is 0 Å². The molecule has 3 unspecified atom stereocenters. The number of rotatable bonds is 3. The molecule has 1 aliphatic carbocycles. The van der Waals surface area contributed by atoms with Crippen LogP contribution in [-0.2, 0) is 4.74 Å². The van der Waals surface area contributed by atoms with Gasteiger partial charge in [-0.15, -0.1) is 0 Å². The van der Waals surface area contributed by atoms with E-state index in [1.54, 1.807) is 0 Å². The first-order valence-corrected chi connectivity index (χ1v) is 5.56. The van der Waals surface area contributed by atoms with E-state index in [4.69, 9.17) is 4.74 Å². The minimum absolute atomic E-state index is 0.527. The minimum Gasteiger partial charge on any atom is -0.501 e. The summed E-state index contributed by atoms with van der Waals surface area (Å²) in [6, 6.07) is 0. The van der Waals surface area contributed by atoms with Crippen molar-refractivity contribution in [2.45, 2.75) is 33.6 Å². The van der Waals surface area contributed by atoms with Crippen molar-refractivity contribution in [2.75, 3.05) is 6.61 Å². The first-order valence-electron chi connectivity index (χ1n) is 5.56. The molecule has 0 aromatic rings. The van der Waals surface area contributed by atoms with Crippen molar-refractivity contribution in [3.8, 4) is 0 Å². The van der Waals surface area contributed by atoms with Crippen LogP contribution in [0, 0.1) is 17.3 Å². The van der Waals surface area contributed by atoms with E-state index in [-0.39, 0.29) is 0 Å². The Morgan fingerprint density at radius 1 is 1.57 bits per heavy atom. The van der Waals surface area contributed by atoms with Gasteiger partial charge in [-0.1, -0.05) is 18.6 Å². The third-order valence-electron chi connectivity index (χ3n) is 3.83. The Hall–Kier alpha value is -0.720. The van der Waals surface area contributed by atoms with E-state index in [0.717, 1.165) is 18.4 Å². The van der Waals surface area contributed by atoms with Crippen molar-refractivity contribution >= 4 is 0 Å². The van der Waals surface area contributed by atoms with Gasteiger partial charge in [-0.25, -0.2) is 0 Å². The van der Waals surface area contributed by atoms with Gasteiger partial charge in [-0.05, 0) is 44.1 Å². The SMILES string of the molecule is CC(C)=CCCC1(C)C2C=COCC21. The lowest BCUT2D eigenvalue weighted by Crippen LogP contribution is -2.01.